The molecule has 86 valence electrons. The zero-order valence-corrected chi connectivity index (χ0v) is 10.7. The number of benzene rings is 1. The second-order valence-corrected chi connectivity index (χ2v) is 4.19. The fourth-order valence-electron chi connectivity index (χ4n) is 1.25. The molecule has 0 atom stereocenters. The SMILES string of the molecule is C=C(C)C#CC(/C=C/c1ccccc1)=C(C)C. The molecule has 0 aliphatic heterocycles. The summed E-state index contributed by atoms with van der Waals surface area (Å²) in [5, 5.41) is 0. The Bertz CT molecular complexity index is 498. The molecule has 0 aliphatic carbocycles. The summed E-state index contributed by atoms with van der Waals surface area (Å²) >= 11 is 0. The van der Waals surface area contributed by atoms with Crippen molar-refractivity contribution >= 4 is 6.08 Å². The average molecular weight is 222 g/mol. The minimum absolute atomic E-state index is 0.886. The lowest BCUT2D eigenvalue weighted by molar-refractivity contribution is 1.36. The first-order valence-electron chi connectivity index (χ1n) is 5.67. The summed E-state index contributed by atoms with van der Waals surface area (Å²) in [6.07, 6.45) is 4.13. The van der Waals surface area contributed by atoms with Crippen LogP contribution < -0.4 is 0 Å². The molecule has 0 saturated heterocycles. The van der Waals surface area contributed by atoms with Crippen molar-refractivity contribution in [2.75, 3.05) is 0 Å². The summed E-state index contributed by atoms with van der Waals surface area (Å²) in [6, 6.07) is 10.2. The van der Waals surface area contributed by atoms with Crippen LogP contribution in [0.25, 0.3) is 6.08 Å². The number of hydrogen-bond acceptors (Lipinski definition) is 0. The van der Waals surface area contributed by atoms with Gasteiger partial charge < -0.3 is 0 Å². The molecule has 17 heavy (non-hydrogen) atoms. The van der Waals surface area contributed by atoms with E-state index in [1.165, 1.54) is 11.1 Å². The quantitative estimate of drug-likeness (QED) is 0.506. The van der Waals surface area contributed by atoms with Crippen molar-refractivity contribution in [3.05, 3.63) is 65.3 Å². The Morgan fingerprint density at radius 1 is 1.06 bits per heavy atom. The van der Waals surface area contributed by atoms with E-state index in [4.69, 9.17) is 0 Å². The minimum atomic E-state index is 0.886. The van der Waals surface area contributed by atoms with Crippen LogP contribution in [0.4, 0.5) is 0 Å². The molecule has 0 bridgehead atoms. The Morgan fingerprint density at radius 2 is 1.71 bits per heavy atom. The molecule has 0 radical (unpaired) electrons. The predicted octanol–water partition coefficient (Wildman–Crippen LogP) is 4.62. The summed E-state index contributed by atoms with van der Waals surface area (Å²) in [5.41, 5.74) is 4.34. The summed E-state index contributed by atoms with van der Waals surface area (Å²) in [7, 11) is 0. The average Bonchev–Trinajstić information content (AvgIpc) is 2.29. The molecule has 0 spiro atoms. The summed E-state index contributed by atoms with van der Waals surface area (Å²) in [4.78, 5) is 0. The van der Waals surface area contributed by atoms with Gasteiger partial charge in [0, 0.05) is 5.57 Å². The van der Waals surface area contributed by atoms with Crippen LogP contribution in [0.3, 0.4) is 0 Å². The van der Waals surface area contributed by atoms with Gasteiger partial charge in [-0.15, -0.1) is 0 Å². The molecule has 0 amide bonds. The van der Waals surface area contributed by atoms with Gasteiger partial charge >= 0.3 is 0 Å². The van der Waals surface area contributed by atoms with Gasteiger partial charge in [0.15, 0.2) is 0 Å². The van der Waals surface area contributed by atoms with E-state index in [0.29, 0.717) is 0 Å². The third-order valence-electron chi connectivity index (χ3n) is 2.19. The van der Waals surface area contributed by atoms with Gasteiger partial charge in [0.2, 0.25) is 0 Å². The molecular weight excluding hydrogens is 204 g/mol. The van der Waals surface area contributed by atoms with Crippen LogP contribution >= 0.6 is 0 Å². The van der Waals surface area contributed by atoms with Crippen molar-refractivity contribution in [3.8, 4) is 11.8 Å². The number of rotatable bonds is 2. The lowest BCUT2D eigenvalue weighted by Crippen LogP contribution is -1.78. The molecular formula is C17H18. The van der Waals surface area contributed by atoms with Crippen LogP contribution in [-0.2, 0) is 0 Å². The van der Waals surface area contributed by atoms with E-state index in [0.717, 1.165) is 11.1 Å². The Balaban J connectivity index is 2.92. The van der Waals surface area contributed by atoms with Gasteiger partial charge in [-0.25, -0.2) is 0 Å². The largest absolute Gasteiger partial charge is 0.0877 e. The molecule has 0 unspecified atom stereocenters. The third-order valence-corrected chi connectivity index (χ3v) is 2.19. The fraction of sp³-hybridized carbons (Fsp3) is 0.176. The maximum atomic E-state index is 3.78. The lowest BCUT2D eigenvalue weighted by atomic mass is 10.1. The molecule has 0 aromatic heterocycles. The minimum Gasteiger partial charge on any atom is -0.0877 e. The van der Waals surface area contributed by atoms with Gasteiger partial charge in [0.25, 0.3) is 0 Å². The lowest BCUT2D eigenvalue weighted by Gasteiger charge is -1.96. The van der Waals surface area contributed by atoms with Gasteiger partial charge in [-0.1, -0.05) is 60.4 Å². The first-order valence-corrected chi connectivity index (χ1v) is 5.67. The summed E-state index contributed by atoms with van der Waals surface area (Å²) in [5.74, 6) is 6.14. The first-order chi connectivity index (χ1) is 8.09. The van der Waals surface area contributed by atoms with Crippen LogP contribution in [0, 0.1) is 11.8 Å². The first kappa shape index (κ1) is 13.1. The molecule has 1 aromatic carbocycles. The normalized spacial score (nSPS) is 9.59. The Hall–Kier alpha value is -2.00. The van der Waals surface area contributed by atoms with Crippen LogP contribution in [-0.4, -0.2) is 0 Å². The highest BCUT2D eigenvalue weighted by Crippen LogP contribution is 2.08. The van der Waals surface area contributed by atoms with Gasteiger partial charge in [0.05, 0.1) is 0 Å². The second-order valence-electron chi connectivity index (χ2n) is 4.19. The van der Waals surface area contributed by atoms with Gasteiger partial charge in [0.1, 0.15) is 0 Å². The van der Waals surface area contributed by atoms with Crippen LogP contribution in [0.15, 0.2) is 59.7 Å². The van der Waals surface area contributed by atoms with Crippen molar-refractivity contribution in [1.29, 1.82) is 0 Å². The van der Waals surface area contributed by atoms with E-state index in [1.807, 2.05) is 25.1 Å². The highest BCUT2D eigenvalue weighted by Gasteiger charge is 1.90. The van der Waals surface area contributed by atoms with E-state index in [2.05, 4.69) is 56.6 Å². The number of hydrogen-bond donors (Lipinski definition) is 0. The molecule has 1 rings (SSSR count). The van der Waals surface area contributed by atoms with E-state index < -0.39 is 0 Å². The van der Waals surface area contributed by atoms with E-state index in [1.54, 1.807) is 0 Å². The predicted molar refractivity (Wildman–Crippen MR) is 76.4 cm³/mol. The standard InChI is InChI=1S/C17H18/c1-14(2)10-12-17(15(3)4)13-11-16-8-6-5-7-9-16/h5-9,11,13H,1H2,2-4H3/b13-11+. The topological polar surface area (TPSA) is 0 Å². The zero-order chi connectivity index (χ0) is 12.7. The highest BCUT2D eigenvalue weighted by molar-refractivity contribution is 5.57. The second kappa shape index (κ2) is 6.55. The van der Waals surface area contributed by atoms with E-state index in [9.17, 15) is 0 Å². The molecule has 0 N–H and O–H groups in total. The molecule has 0 nitrogen and oxygen atoms in total. The molecule has 0 heterocycles. The van der Waals surface area contributed by atoms with Gasteiger partial charge in [-0.2, -0.15) is 0 Å². The molecule has 0 fully saturated rings. The Kier molecular flexibility index (Phi) is 5.04. The Labute approximate surface area is 104 Å². The van der Waals surface area contributed by atoms with Gasteiger partial charge in [-0.05, 0) is 38.0 Å². The maximum Gasteiger partial charge on any atom is 0.0235 e. The Morgan fingerprint density at radius 3 is 2.24 bits per heavy atom. The molecule has 0 saturated carbocycles. The van der Waals surface area contributed by atoms with E-state index in [-0.39, 0.29) is 0 Å². The van der Waals surface area contributed by atoms with E-state index >= 15 is 0 Å². The fourth-order valence-corrected chi connectivity index (χ4v) is 1.25. The molecule has 0 heteroatoms. The van der Waals surface area contributed by atoms with Crippen LogP contribution in [0.1, 0.15) is 26.3 Å². The summed E-state index contributed by atoms with van der Waals surface area (Å²) < 4.78 is 0. The zero-order valence-electron chi connectivity index (χ0n) is 10.7. The van der Waals surface area contributed by atoms with Crippen LogP contribution in [0.5, 0.6) is 0 Å². The smallest absolute Gasteiger partial charge is 0.0235 e. The van der Waals surface area contributed by atoms with Gasteiger partial charge in [-0.3, -0.25) is 0 Å². The highest BCUT2D eigenvalue weighted by atomic mass is 13.9. The summed E-state index contributed by atoms with van der Waals surface area (Å²) in [6.45, 7) is 9.83. The van der Waals surface area contributed by atoms with Crippen molar-refractivity contribution in [3.63, 3.8) is 0 Å². The van der Waals surface area contributed by atoms with Crippen LogP contribution in [0.2, 0.25) is 0 Å². The van der Waals surface area contributed by atoms with Crippen molar-refractivity contribution in [2.24, 2.45) is 0 Å². The third kappa shape index (κ3) is 5.04. The number of allylic oxidation sites excluding steroid dienone is 4. The molecule has 1 aromatic rings. The van der Waals surface area contributed by atoms with Crippen molar-refractivity contribution in [1.82, 2.24) is 0 Å². The van der Waals surface area contributed by atoms with Crippen molar-refractivity contribution in [2.45, 2.75) is 20.8 Å². The van der Waals surface area contributed by atoms with Crippen molar-refractivity contribution < 1.29 is 0 Å². The maximum absolute atomic E-state index is 3.78. The molecule has 0 aliphatic rings. The monoisotopic (exact) mass is 222 g/mol.